The zero-order valence-electron chi connectivity index (χ0n) is 8.00. The molecule has 2 heterocycles. The van der Waals surface area contributed by atoms with Crippen LogP contribution in [-0.4, -0.2) is 14.9 Å². The fourth-order valence-corrected chi connectivity index (χ4v) is 1.48. The van der Waals surface area contributed by atoms with Crippen LogP contribution in [0.1, 0.15) is 0 Å². The first-order valence-corrected chi connectivity index (χ1v) is 4.76. The van der Waals surface area contributed by atoms with E-state index in [1.807, 2.05) is 0 Å². The van der Waals surface area contributed by atoms with Crippen molar-refractivity contribution in [2.75, 3.05) is 0 Å². The molecular formula is C10H6ClN3O2. The van der Waals surface area contributed by atoms with Crippen LogP contribution in [-0.2, 0) is 0 Å². The Kier molecular flexibility index (Phi) is 2.78. The van der Waals surface area contributed by atoms with E-state index in [1.165, 1.54) is 6.07 Å². The SMILES string of the molecule is O=[N+]([O-])c1cnc(Cl)c(-c2ccncc2)c1. The van der Waals surface area contributed by atoms with Crippen LogP contribution in [0, 0.1) is 10.1 Å². The third-order valence-electron chi connectivity index (χ3n) is 2.03. The van der Waals surface area contributed by atoms with Crippen molar-refractivity contribution < 1.29 is 4.92 Å². The number of rotatable bonds is 2. The van der Waals surface area contributed by atoms with E-state index in [2.05, 4.69) is 9.97 Å². The van der Waals surface area contributed by atoms with Crippen LogP contribution in [0.15, 0.2) is 36.8 Å². The van der Waals surface area contributed by atoms with Crippen molar-refractivity contribution in [3.63, 3.8) is 0 Å². The Morgan fingerprint density at radius 3 is 2.62 bits per heavy atom. The molecule has 0 aliphatic heterocycles. The highest BCUT2D eigenvalue weighted by molar-refractivity contribution is 6.32. The normalized spacial score (nSPS) is 10.1. The Labute approximate surface area is 95.9 Å². The van der Waals surface area contributed by atoms with Crippen molar-refractivity contribution in [3.8, 4) is 11.1 Å². The summed E-state index contributed by atoms with van der Waals surface area (Å²) in [6.07, 6.45) is 4.31. The van der Waals surface area contributed by atoms with E-state index in [1.54, 1.807) is 24.5 Å². The zero-order valence-corrected chi connectivity index (χ0v) is 8.76. The number of hydrogen-bond donors (Lipinski definition) is 0. The fourth-order valence-electron chi connectivity index (χ4n) is 1.27. The van der Waals surface area contributed by atoms with Gasteiger partial charge in [0.15, 0.2) is 0 Å². The van der Waals surface area contributed by atoms with Crippen molar-refractivity contribution in [2.24, 2.45) is 0 Å². The molecule has 0 atom stereocenters. The number of nitrogens with zero attached hydrogens (tertiary/aromatic N) is 3. The van der Waals surface area contributed by atoms with Gasteiger partial charge in [-0.05, 0) is 17.7 Å². The van der Waals surface area contributed by atoms with Gasteiger partial charge in [-0.15, -0.1) is 0 Å². The van der Waals surface area contributed by atoms with Gasteiger partial charge in [-0.3, -0.25) is 15.1 Å². The van der Waals surface area contributed by atoms with Crippen LogP contribution in [0.25, 0.3) is 11.1 Å². The van der Waals surface area contributed by atoms with E-state index in [4.69, 9.17) is 11.6 Å². The second-order valence-electron chi connectivity index (χ2n) is 3.02. The van der Waals surface area contributed by atoms with E-state index in [9.17, 15) is 10.1 Å². The van der Waals surface area contributed by atoms with Gasteiger partial charge in [0.05, 0.1) is 4.92 Å². The number of aromatic nitrogens is 2. The van der Waals surface area contributed by atoms with Crippen molar-refractivity contribution in [1.82, 2.24) is 9.97 Å². The third-order valence-corrected chi connectivity index (χ3v) is 2.33. The topological polar surface area (TPSA) is 68.9 Å². The average Bonchev–Trinajstić information content (AvgIpc) is 2.30. The summed E-state index contributed by atoms with van der Waals surface area (Å²) < 4.78 is 0. The Hall–Kier alpha value is -2.01. The van der Waals surface area contributed by atoms with Gasteiger partial charge in [0.1, 0.15) is 11.3 Å². The summed E-state index contributed by atoms with van der Waals surface area (Å²) in [5.74, 6) is 0. The molecule has 80 valence electrons. The van der Waals surface area contributed by atoms with Crippen molar-refractivity contribution in [1.29, 1.82) is 0 Å². The molecule has 16 heavy (non-hydrogen) atoms. The Bertz CT molecular complexity index is 531. The number of hydrogen-bond acceptors (Lipinski definition) is 4. The molecule has 0 aliphatic carbocycles. The first-order valence-electron chi connectivity index (χ1n) is 4.39. The van der Waals surface area contributed by atoms with Crippen molar-refractivity contribution in [3.05, 3.63) is 52.1 Å². The smallest absolute Gasteiger partial charge is 0.265 e. The summed E-state index contributed by atoms with van der Waals surface area (Å²) in [6.45, 7) is 0. The largest absolute Gasteiger partial charge is 0.288 e. The molecule has 2 rings (SSSR count). The van der Waals surface area contributed by atoms with Crippen LogP contribution in [0.2, 0.25) is 5.15 Å². The van der Waals surface area contributed by atoms with Gasteiger partial charge < -0.3 is 0 Å². The molecule has 6 heteroatoms. The minimum Gasteiger partial charge on any atom is -0.265 e. The first-order chi connectivity index (χ1) is 7.68. The molecule has 0 bridgehead atoms. The molecule has 0 saturated heterocycles. The van der Waals surface area contributed by atoms with Crippen LogP contribution in [0.5, 0.6) is 0 Å². The molecule has 0 amide bonds. The lowest BCUT2D eigenvalue weighted by atomic mass is 10.1. The van der Waals surface area contributed by atoms with E-state index < -0.39 is 4.92 Å². The molecule has 0 fully saturated rings. The zero-order chi connectivity index (χ0) is 11.5. The minimum atomic E-state index is -0.506. The van der Waals surface area contributed by atoms with Crippen molar-refractivity contribution >= 4 is 17.3 Å². The van der Waals surface area contributed by atoms with Gasteiger partial charge in [0.25, 0.3) is 5.69 Å². The summed E-state index contributed by atoms with van der Waals surface area (Å²) >= 11 is 5.88. The number of nitro groups is 1. The van der Waals surface area contributed by atoms with E-state index in [-0.39, 0.29) is 10.8 Å². The molecule has 0 aromatic carbocycles. The van der Waals surface area contributed by atoms with Gasteiger partial charge >= 0.3 is 0 Å². The molecule has 5 nitrogen and oxygen atoms in total. The van der Waals surface area contributed by atoms with E-state index in [0.717, 1.165) is 11.8 Å². The molecule has 2 aromatic heterocycles. The Morgan fingerprint density at radius 1 is 1.31 bits per heavy atom. The Morgan fingerprint density at radius 2 is 2.00 bits per heavy atom. The lowest BCUT2D eigenvalue weighted by Crippen LogP contribution is -1.91. The monoisotopic (exact) mass is 235 g/mol. The standard InChI is InChI=1S/C10H6ClN3O2/c11-10-9(7-1-3-12-4-2-7)5-8(6-13-10)14(15)16/h1-6H. The molecule has 2 aromatic rings. The van der Waals surface area contributed by atoms with Gasteiger partial charge in [-0.25, -0.2) is 4.98 Å². The predicted octanol–water partition coefficient (Wildman–Crippen LogP) is 2.71. The lowest BCUT2D eigenvalue weighted by molar-refractivity contribution is -0.385. The maximum Gasteiger partial charge on any atom is 0.288 e. The summed E-state index contributed by atoms with van der Waals surface area (Å²) in [5, 5.41) is 10.8. The maximum atomic E-state index is 10.6. The quantitative estimate of drug-likeness (QED) is 0.456. The second-order valence-corrected chi connectivity index (χ2v) is 3.38. The van der Waals surface area contributed by atoms with Gasteiger partial charge in [0, 0.05) is 24.0 Å². The predicted molar refractivity (Wildman–Crippen MR) is 59.1 cm³/mol. The summed E-state index contributed by atoms with van der Waals surface area (Å²) in [6, 6.07) is 4.82. The summed E-state index contributed by atoms with van der Waals surface area (Å²) in [4.78, 5) is 17.7. The summed E-state index contributed by atoms with van der Waals surface area (Å²) in [5.41, 5.74) is 1.19. The Balaban J connectivity index is 2.56. The number of halogens is 1. The molecule has 0 radical (unpaired) electrons. The van der Waals surface area contributed by atoms with Crippen LogP contribution < -0.4 is 0 Å². The summed E-state index contributed by atoms with van der Waals surface area (Å²) in [7, 11) is 0. The highest BCUT2D eigenvalue weighted by Gasteiger charge is 2.12. The minimum absolute atomic E-state index is 0.0868. The molecule has 0 N–H and O–H groups in total. The van der Waals surface area contributed by atoms with E-state index >= 15 is 0 Å². The van der Waals surface area contributed by atoms with Crippen LogP contribution in [0.3, 0.4) is 0 Å². The molecule has 0 saturated carbocycles. The molecule has 0 unspecified atom stereocenters. The molecular weight excluding hydrogens is 230 g/mol. The highest BCUT2D eigenvalue weighted by atomic mass is 35.5. The van der Waals surface area contributed by atoms with Crippen molar-refractivity contribution in [2.45, 2.75) is 0 Å². The third kappa shape index (κ3) is 1.99. The first kappa shape index (κ1) is 10.5. The highest BCUT2D eigenvalue weighted by Crippen LogP contribution is 2.28. The average molecular weight is 236 g/mol. The van der Waals surface area contributed by atoms with Gasteiger partial charge in [0.2, 0.25) is 0 Å². The molecule has 0 spiro atoms. The number of pyridine rings is 2. The van der Waals surface area contributed by atoms with Crippen LogP contribution >= 0.6 is 11.6 Å². The second kappa shape index (κ2) is 4.24. The van der Waals surface area contributed by atoms with Crippen LogP contribution in [0.4, 0.5) is 5.69 Å². The van der Waals surface area contributed by atoms with E-state index in [0.29, 0.717) is 5.56 Å². The fraction of sp³-hybridized carbons (Fsp3) is 0. The maximum absolute atomic E-state index is 10.6. The van der Waals surface area contributed by atoms with Gasteiger partial charge in [-0.1, -0.05) is 11.6 Å². The lowest BCUT2D eigenvalue weighted by Gasteiger charge is -2.02. The molecule has 0 aliphatic rings. The van der Waals surface area contributed by atoms with Gasteiger partial charge in [-0.2, -0.15) is 0 Å².